The zero-order valence-corrected chi connectivity index (χ0v) is 8.53. The van der Waals surface area contributed by atoms with Crippen molar-refractivity contribution in [3.8, 4) is 0 Å². The highest BCUT2D eigenvalue weighted by molar-refractivity contribution is 7.80. The Morgan fingerprint density at radius 3 is 2.38 bits per heavy atom. The average Bonchev–Trinajstić information content (AvgIpc) is 2.53. The molecule has 78 valence electrons. The summed E-state index contributed by atoms with van der Waals surface area (Å²) in [6, 6.07) is 0. The summed E-state index contributed by atoms with van der Waals surface area (Å²) in [6.45, 7) is 0.0103. The van der Waals surface area contributed by atoms with Crippen LogP contribution in [0.5, 0.6) is 0 Å². The highest BCUT2D eigenvalue weighted by Gasteiger charge is 2.32. The first-order chi connectivity index (χ1) is 6.18. The molecule has 1 nitrogen and oxygen atoms in total. The van der Waals surface area contributed by atoms with Crippen LogP contribution in [0, 0.1) is 5.41 Å². The Morgan fingerprint density at radius 1 is 1.31 bits per heavy atom. The minimum absolute atomic E-state index is 0.0814. The minimum atomic E-state index is -2.35. The maximum absolute atomic E-state index is 11.8. The van der Waals surface area contributed by atoms with E-state index in [-0.39, 0.29) is 5.41 Å². The van der Waals surface area contributed by atoms with E-state index in [1.165, 1.54) is 12.8 Å². The Balaban J connectivity index is 2.23. The first kappa shape index (κ1) is 11.2. The van der Waals surface area contributed by atoms with Gasteiger partial charge in [-0.3, -0.25) is 0 Å². The smallest absolute Gasteiger partial charge is 0.261 e. The monoisotopic (exact) mass is 210 g/mol. The van der Waals surface area contributed by atoms with E-state index in [2.05, 4.69) is 12.6 Å². The van der Waals surface area contributed by atoms with Crippen molar-refractivity contribution in [3.05, 3.63) is 0 Å². The van der Waals surface area contributed by atoms with Crippen LogP contribution in [0.25, 0.3) is 0 Å². The van der Waals surface area contributed by atoms with Crippen molar-refractivity contribution in [3.63, 3.8) is 0 Å². The van der Waals surface area contributed by atoms with Crippen molar-refractivity contribution in [2.75, 3.05) is 19.0 Å². The van der Waals surface area contributed by atoms with E-state index in [0.29, 0.717) is 6.61 Å². The molecule has 0 atom stereocenters. The Morgan fingerprint density at radius 2 is 1.92 bits per heavy atom. The molecular formula is C9H16F2OS. The lowest BCUT2D eigenvalue weighted by Gasteiger charge is -2.26. The molecule has 0 aromatic heterocycles. The first-order valence-corrected chi connectivity index (χ1v) is 5.28. The van der Waals surface area contributed by atoms with Gasteiger partial charge in [-0.05, 0) is 18.6 Å². The Kier molecular flexibility index (Phi) is 4.46. The fourth-order valence-corrected chi connectivity index (χ4v) is 2.25. The maximum Gasteiger partial charge on any atom is 0.261 e. The van der Waals surface area contributed by atoms with Crippen LogP contribution in [0.3, 0.4) is 0 Å². The van der Waals surface area contributed by atoms with Gasteiger partial charge in [0.25, 0.3) is 6.43 Å². The van der Waals surface area contributed by atoms with E-state index in [0.717, 1.165) is 18.6 Å². The van der Waals surface area contributed by atoms with E-state index >= 15 is 0 Å². The van der Waals surface area contributed by atoms with E-state index in [9.17, 15) is 8.78 Å². The van der Waals surface area contributed by atoms with E-state index in [1.54, 1.807) is 0 Å². The van der Waals surface area contributed by atoms with Crippen molar-refractivity contribution in [1.82, 2.24) is 0 Å². The van der Waals surface area contributed by atoms with Crippen LogP contribution in [0.2, 0.25) is 0 Å². The molecule has 0 bridgehead atoms. The first-order valence-electron chi connectivity index (χ1n) is 4.65. The summed E-state index contributed by atoms with van der Waals surface area (Å²) in [5.74, 6) is 0.746. The molecule has 0 spiro atoms. The molecule has 1 aliphatic rings. The molecule has 0 aromatic carbocycles. The van der Waals surface area contributed by atoms with Crippen LogP contribution in [0.4, 0.5) is 8.78 Å². The van der Waals surface area contributed by atoms with Gasteiger partial charge in [-0.1, -0.05) is 12.8 Å². The molecule has 1 saturated carbocycles. The SMILES string of the molecule is FC(F)COCC1(CS)CCCC1. The van der Waals surface area contributed by atoms with Gasteiger partial charge in [0.2, 0.25) is 0 Å². The van der Waals surface area contributed by atoms with Crippen LogP contribution < -0.4 is 0 Å². The summed E-state index contributed by atoms with van der Waals surface area (Å²) in [5, 5.41) is 0. The maximum atomic E-state index is 11.8. The number of hydrogen-bond acceptors (Lipinski definition) is 2. The molecule has 1 rings (SSSR count). The number of rotatable bonds is 5. The third-order valence-corrected chi connectivity index (χ3v) is 3.32. The standard InChI is InChI=1S/C9H16F2OS/c10-8(11)5-12-6-9(7-13)3-1-2-4-9/h8,13H,1-7H2. The fourth-order valence-electron chi connectivity index (χ4n) is 1.84. The van der Waals surface area contributed by atoms with Crippen LogP contribution in [-0.4, -0.2) is 25.4 Å². The number of ether oxygens (including phenoxy) is 1. The van der Waals surface area contributed by atoms with Gasteiger partial charge in [0.15, 0.2) is 0 Å². The van der Waals surface area contributed by atoms with Gasteiger partial charge in [0.05, 0.1) is 6.61 Å². The molecule has 1 fully saturated rings. The fraction of sp³-hybridized carbons (Fsp3) is 1.00. The Hall–Kier alpha value is 0.170. The highest BCUT2D eigenvalue weighted by atomic mass is 32.1. The topological polar surface area (TPSA) is 9.23 Å². The third kappa shape index (κ3) is 3.43. The zero-order valence-electron chi connectivity index (χ0n) is 7.64. The second-order valence-corrected chi connectivity index (χ2v) is 4.09. The van der Waals surface area contributed by atoms with Crippen LogP contribution in [0.1, 0.15) is 25.7 Å². The van der Waals surface area contributed by atoms with Crippen LogP contribution >= 0.6 is 12.6 Å². The van der Waals surface area contributed by atoms with Crippen LogP contribution in [-0.2, 0) is 4.74 Å². The van der Waals surface area contributed by atoms with Crippen molar-refractivity contribution in [1.29, 1.82) is 0 Å². The molecular weight excluding hydrogens is 194 g/mol. The van der Waals surface area contributed by atoms with Gasteiger partial charge in [0, 0.05) is 5.41 Å². The number of thiol groups is 1. The highest BCUT2D eigenvalue weighted by Crippen LogP contribution is 2.39. The van der Waals surface area contributed by atoms with E-state index < -0.39 is 13.0 Å². The van der Waals surface area contributed by atoms with Gasteiger partial charge in [-0.25, -0.2) is 8.78 Å². The summed E-state index contributed by atoms with van der Waals surface area (Å²) in [4.78, 5) is 0. The van der Waals surface area contributed by atoms with Crippen LogP contribution in [0.15, 0.2) is 0 Å². The lowest BCUT2D eigenvalue weighted by Crippen LogP contribution is -2.26. The molecule has 0 aromatic rings. The predicted molar refractivity (Wildman–Crippen MR) is 51.6 cm³/mol. The number of hydrogen-bond donors (Lipinski definition) is 1. The molecule has 0 unspecified atom stereocenters. The summed E-state index contributed by atoms with van der Waals surface area (Å²) >= 11 is 4.26. The molecule has 0 radical (unpaired) electrons. The van der Waals surface area contributed by atoms with Crippen molar-refractivity contribution >= 4 is 12.6 Å². The largest absolute Gasteiger partial charge is 0.375 e. The molecule has 0 heterocycles. The van der Waals surface area contributed by atoms with Crippen molar-refractivity contribution in [2.45, 2.75) is 32.1 Å². The molecule has 0 saturated heterocycles. The minimum Gasteiger partial charge on any atom is -0.375 e. The molecule has 0 aliphatic heterocycles. The summed E-state index contributed by atoms with van der Waals surface area (Å²) in [7, 11) is 0. The quantitative estimate of drug-likeness (QED) is 0.686. The van der Waals surface area contributed by atoms with Gasteiger partial charge in [0.1, 0.15) is 6.61 Å². The normalized spacial score (nSPS) is 21.2. The van der Waals surface area contributed by atoms with Gasteiger partial charge in [-0.15, -0.1) is 0 Å². The molecule has 4 heteroatoms. The Bertz CT molecular complexity index is 147. The van der Waals surface area contributed by atoms with Gasteiger partial charge >= 0.3 is 0 Å². The summed E-state index contributed by atoms with van der Waals surface area (Å²) < 4.78 is 28.6. The molecule has 0 amide bonds. The zero-order chi connectivity index (χ0) is 9.73. The molecule has 1 aliphatic carbocycles. The predicted octanol–water partition coefficient (Wildman–Crippen LogP) is 2.76. The Labute approximate surface area is 83.3 Å². The second-order valence-electron chi connectivity index (χ2n) is 3.77. The summed E-state index contributed by atoms with van der Waals surface area (Å²) in [6.07, 6.45) is 2.15. The number of alkyl halides is 2. The molecule has 0 N–H and O–H groups in total. The second kappa shape index (κ2) is 5.15. The lowest BCUT2D eigenvalue weighted by molar-refractivity contribution is -0.0139. The lowest BCUT2D eigenvalue weighted by atomic mass is 9.90. The number of halogens is 2. The molecule has 13 heavy (non-hydrogen) atoms. The van der Waals surface area contributed by atoms with E-state index in [1.807, 2.05) is 0 Å². The average molecular weight is 210 g/mol. The van der Waals surface area contributed by atoms with E-state index in [4.69, 9.17) is 4.74 Å². The van der Waals surface area contributed by atoms with Gasteiger partial charge < -0.3 is 4.74 Å². The van der Waals surface area contributed by atoms with Crippen molar-refractivity contribution in [2.24, 2.45) is 5.41 Å². The van der Waals surface area contributed by atoms with Crippen molar-refractivity contribution < 1.29 is 13.5 Å². The summed E-state index contributed by atoms with van der Waals surface area (Å²) in [5.41, 5.74) is 0.0814. The van der Waals surface area contributed by atoms with Gasteiger partial charge in [-0.2, -0.15) is 12.6 Å². The third-order valence-electron chi connectivity index (χ3n) is 2.65.